The number of hydrogen-bond acceptors (Lipinski definition) is 4. The monoisotopic (exact) mass is 382 g/mol. The molecule has 0 saturated heterocycles. The van der Waals surface area contributed by atoms with Gasteiger partial charge in [-0.15, -0.1) is 0 Å². The Morgan fingerprint density at radius 2 is 2.24 bits per heavy atom. The molecular formula is C12H17BrF2N4OS. The average Bonchev–Trinajstić information content (AvgIpc) is 2.66. The average molecular weight is 383 g/mol. The van der Waals surface area contributed by atoms with E-state index in [2.05, 4.69) is 30.0 Å². The van der Waals surface area contributed by atoms with Gasteiger partial charge in [0.1, 0.15) is 38.2 Å². The topological polar surface area (TPSA) is 80.4 Å². The van der Waals surface area contributed by atoms with Gasteiger partial charge in [0.05, 0.1) is 5.75 Å². The van der Waals surface area contributed by atoms with Gasteiger partial charge < -0.3 is 5.73 Å². The summed E-state index contributed by atoms with van der Waals surface area (Å²) in [5.74, 6) is -1.05. The SMILES string of the molecule is N[C@@](CF)(CS1(=O)=NCCCCN1)c1nc(Br)ccc1F. The zero-order valence-corrected chi connectivity index (χ0v) is 13.7. The highest BCUT2D eigenvalue weighted by molar-refractivity contribution is 9.10. The van der Waals surface area contributed by atoms with Crippen LogP contribution >= 0.6 is 15.9 Å². The van der Waals surface area contributed by atoms with E-state index in [-0.39, 0.29) is 11.4 Å². The molecule has 9 heteroatoms. The molecule has 3 N–H and O–H groups in total. The Balaban J connectivity index is 2.39. The first-order valence-electron chi connectivity index (χ1n) is 6.51. The molecular weight excluding hydrogens is 366 g/mol. The molecule has 1 aromatic rings. The van der Waals surface area contributed by atoms with Gasteiger partial charge in [0.15, 0.2) is 0 Å². The van der Waals surface area contributed by atoms with Crippen LogP contribution in [0.4, 0.5) is 8.78 Å². The largest absolute Gasteiger partial charge is 0.317 e. The second-order valence-corrected chi connectivity index (χ2v) is 7.92. The summed E-state index contributed by atoms with van der Waals surface area (Å²) in [5, 5.41) is 0. The van der Waals surface area contributed by atoms with Crippen LogP contribution in [0.3, 0.4) is 0 Å². The third-order valence-corrected chi connectivity index (χ3v) is 5.79. The maximum Gasteiger partial charge on any atom is 0.146 e. The van der Waals surface area contributed by atoms with Gasteiger partial charge in [-0.25, -0.2) is 27.1 Å². The van der Waals surface area contributed by atoms with Crippen LogP contribution in [-0.4, -0.2) is 34.7 Å². The number of aromatic nitrogens is 1. The van der Waals surface area contributed by atoms with Gasteiger partial charge in [-0.05, 0) is 40.9 Å². The molecule has 0 bridgehead atoms. The van der Waals surface area contributed by atoms with Crippen LogP contribution in [0, 0.1) is 5.82 Å². The summed E-state index contributed by atoms with van der Waals surface area (Å²) in [4.78, 5) is 3.92. The van der Waals surface area contributed by atoms with Gasteiger partial charge in [0.25, 0.3) is 0 Å². The molecule has 1 aliphatic heterocycles. The Morgan fingerprint density at radius 3 is 2.95 bits per heavy atom. The van der Waals surface area contributed by atoms with Crippen LogP contribution in [-0.2, 0) is 15.5 Å². The summed E-state index contributed by atoms with van der Waals surface area (Å²) in [6.45, 7) is -0.150. The Labute approximate surface area is 131 Å². The number of nitrogens with zero attached hydrogens (tertiary/aromatic N) is 2. The molecule has 118 valence electrons. The molecule has 5 nitrogen and oxygen atoms in total. The van der Waals surface area contributed by atoms with Gasteiger partial charge >= 0.3 is 0 Å². The van der Waals surface area contributed by atoms with E-state index in [9.17, 15) is 13.0 Å². The molecule has 0 saturated carbocycles. The van der Waals surface area contributed by atoms with E-state index in [0.29, 0.717) is 17.7 Å². The van der Waals surface area contributed by atoms with Crippen molar-refractivity contribution >= 4 is 25.8 Å². The van der Waals surface area contributed by atoms with Gasteiger partial charge in [-0.1, -0.05) is 0 Å². The number of nitrogens with one attached hydrogen (secondary N) is 1. The molecule has 2 rings (SSSR count). The number of pyridine rings is 1. The molecule has 2 atom stereocenters. The normalized spacial score (nSPS) is 25.7. The van der Waals surface area contributed by atoms with E-state index in [1.54, 1.807) is 0 Å². The Bertz CT molecular complexity index is 636. The number of alkyl halides is 1. The van der Waals surface area contributed by atoms with Gasteiger partial charge in [-0.3, -0.25) is 0 Å². The highest BCUT2D eigenvalue weighted by atomic mass is 79.9. The van der Waals surface area contributed by atoms with Crippen molar-refractivity contribution in [3.05, 3.63) is 28.2 Å². The van der Waals surface area contributed by atoms with Gasteiger partial charge in [0, 0.05) is 13.1 Å². The number of hydrogen-bond donors (Lipinski definition) is 2. The summed E-state index contributed by atoms with van der Waals surface area (Å²) in [5.41, 5.74) is 3.95. The van der Waals surface area contributed by atoms with Crippen molar-refractivity contribution in [2.24, 2.45) is 10.1 Å². The smallest absolute Gasteiger partial charge is 0.146 e. The fourth-order valence-electron chi connectivity index (χ4n) is 2.11. The molecule has 1 aromatic heterocycles. The molecule has 1 aliphatic rings. The van der Waals surface area contributed by atoms with Crippen molar-refractivity contribution in [3.63, 3.8) is 0 Å². The molecule has 0 amide bonds. The fraction of sp³-hybridized carbons (Fsp3) is 0.583. The quantitative estimate of drug-likeness (QED) is 0.780. The highest BCUT2D eigenvalue weighted by Crippen LogP contribution is 2.25. The predicted octanol–water partition coefficient (Wildman–Crippen LogP) is 1.87. The van der Waals surface area contributed by atoms with Crippen molar-refractivity contribution in [1.29, 1.82) is 0 Å². The molecule has 0 spiro atoms. The number of rotatable bonds is 4. The van der Waals surface area contributed by atoms with Crippen LogP contribution in [0.25, 0.3) is 0 Å². The minimum absolute atomic E-state index is 0.247. The van der Waals surface area contributed by atoms with Crippen molar-refractivity contribution in [2.45, 2.75) is 18.4 Å². The summed E-state index contributed by atoms with van der Waals surface area (Å²) < 4.78 is 47.4. The lowest BCUT2D eigenvalue weighted by Gasteiger charge is -2.27. The lowest BCUT2D eigenvalue weighted by molar-refractivity contribution is 0.320. The first-order chi connectivity index (χ1) is 9.88. The van der Waals surface area contributed by atoms with E-state index in [1.165, 1.54) is 6.07 Å². The second-order valence-electron chi connectivity index (χ2n) is 4.99. The lowest BCUT2D eigenvalue weighted by Crippen LogP contribution is -2.49. The molecule has 0 aliphatic carbocycles. The summed E-state index contributed by atoms with van der Waals surface area (Å²) in [6.07, 6.45) is 1.64. The van der Waals surface area contributed by atoms with E-state index in [4.69, 9.17) is 5.73 Å². The molecule has 0 radical (unpaired) electrons. The maximum atomic E-state index is 13.9. The Kier molecular flexibility index (Phi) is 5.29. The van der Waals surface area contributed by atoms with Crippen LogP contribution in [0.1, 0.15) is 18.5 Å². The van der Waals surface area contributed by atoms with Crippen molar-refractivity contribution in [1.82, 2.24) is 9.71 Å². The molecule has 21 heavy (non-hydrogen) atoms. The van der Waals surface area contributed by atoms with Gasteiger partial charge in [0.2, 0.25) is 0 Å². The lowest BCUT2D eigenvalue weighted by atomic mass is 10.00. The Hall–Kier alpha value is -0.640. The minimum atomic E-state index is -2.89. The van der Waals surface area contributed by atoms with Crippen LogP contribution in [0.2, 0.25) is 0 Å². The highest BCUT2D eigenvalue weighted by Gasteiger charge is 2.37. The number of nitrogens with two attached hydrogens (primary N) is 1. The third kappa shape index (κ3) is 3.97. The minimum Gasteiger partial charge on any atom is -0.317 e. The van der Waals surface area contributed by atoms with E-state index in [0.717, 1.165) is 18.9 Å². The zero-order valence-electron chi connectivity index (χ0n) is 11.3. The molecule has 0 fully saturated rings. The van der Waals surface area contributed by atoms with Crippen LogP contribution < -0.4 is 10.5 Å². The molecule has 2 heterocycles. The fourth-order valence-corrected chi connectivity index (χ4v) is 4.50. The molecule has 1 unspecified atom stereocenters. The summed E-state index contributed by atoms with van der Waals surface area (Å²) >= 11 is 3.10. The summed E-state index contributed by atoms with van der Waals surface area (Å²) in [7, 11) is -2.89. The Morgan fingerprint density at radius 1 is 1.48 bits per heavy atom. The summed E-state index contributed by atoms with van der Waals surface area (Å²) in [6, 6.07) is 2.54. The first kappa shape index (κ1) is 16.7. The number of halogens is 3. The predicted molar refractivity (Wildman–Crippen MR) is 81.3 cm³/mol. The van der Waals surface area contributed by atoms with E-state index in [1.807, 2.05) is 0 Å². The van der Waals surface area contributed by atoms with E-state index < -0.39 is 27.9 Å². The van der Waals surface area contributed by atoms with E-state index >= 15 is 0 Å². The maximum absolute atomic E-state index is 13.9. The zero-order chi connectivity index (χ0) is 15.5. The van der Waals surface area contributed by atoms with Crippen molar-refractivity contribution in [2.75, 3.05) is 25.5 Å². The van der Waals surface area contributed by atoms with Crippen LogP contribution in [0.15, 0.2) is 21.1 Å². The second kappa shape index (κ2) is 6.64. The van der Waals surface area contributed by atoms with Crippen LogP contribution in [0.5, 0.6) is 0 Å². The van der Waals surface area contributed by atoms with Crippen molar-refractivity contribution < 1.29 is 13.0 Å². The third-order valence-electron chi connectivity index (χ3n) is 3.19. The van der Waals surface area contributed by atoms with Gasteiger partial charge in [-0.2, -0.15) is 0 Å². The van der Waals surface area contributed by atoms with Crippen molar-refractivity contribution in [3.8, 4) is 0 Å². The first-order valence-corrected chi connectivity index (χ1v) is 8.99. The standard InChI is InChI=1S/C12H17BrF2N4OS/c13-10-4-3-9(15)11(19-10)12(16,7-14)8-21(20)17-5-1-2-6-18-21/h3-4H,1-2,5-8,16H2,(H,17,18,20)/t12-/m0/s1. The molecule has 0 aromatic carbocycles.